The lowest BCUT2D eigenvalue weighted by atomic mass is 10.0. The van der Waals surface area contributed by atoms with E-state index >= 15 is 0 Å². The largest absolute Gasteiger partial charge is 0.502 e. The zero-order chi connectivity index (χ0) is 17.6. The van der Waals surface area contributed by atoms with Crippen molar-refractivity contribution in [1.82, 2.24) is 0 Å². The fraction of sp³-hybridized carbons (Fsp3) is 1.00. The Morgan fingerprint density at radius 1 is 0.826 bits per heavy atom. The number of unbranched alkanes of at least 4 members (excludes halogenated alkanes) is 2. The first-order valence-electron chi connectivity index (χ1n) is 9.16. The molecule has 0 saturated heterocycles. The van der Waals surface area contributed by atoms with Gasteiger partial charge in [-0.1, -0.05) is 66.2 Å². The van der Waals surface area contributed by atoms with Gasteiger partial charge in [0.2, 0.25) is 0 Å². The molecule has 0 aromatic rings. The van der Waals surface area contributed by atoms with Crippen LogP contribution in [-0.2, 0) is 23.2 Å². The second-order valence-corrected chi connectivity index (χ2v) is 7.67. The van der Waals surface area contributed by atoms with Gasteiger partial charge in [0.05, 0.1) is 20.3 Å². The van der Waals surface area contributed by atoms with Crippen molar-refractivity contribution in [2.75, 3.05) is 20.3 Å². The molecular weight excluding hydrogens is 315 g/mol. The van der Waals surface area contributed by atoms with Crippen molar-refractivity contribution >= 4 is 7.82 Å². The number of hydrogen-bond acceptors (Lipinski definition) is 5. The molecule has 0 aliphatic rings. The Labute approximate surface area is 143 Å². The van der Waals surface area contributed by atoms with Crippen molar-refractivity contribution < 1.29 is 23.2 Å². The second kappa shape index (κ2) is 14.4. The summed E-state index contributed by atoms with van der Waals surface area (Å²) in [5, 5.41) is 0. The molecule has 140 valence electrons. The Bertz CT molecular complexity index is 287. The number of rotatable bonds is 16. The Morgan fingerprint density at radius 2 is 1.26 bits per heavy atom. The van der Waals surface area contributed by atoms with Crippen molar-refractivity contribution in [3.05, 3.63) is 0 Å². The maximum absolute atomic E-state index is 12.6. The molecule has 2 unspecified atom stereocenters. The standard InChI is InChI=1S/C17H37O5P/c1-6-10-12-16(8-3)14-20-23(18,22-19-5)21-15-17(9-4)13-11-7-2/h16-17H,6-15H2,1-5H3. The molecule has 0 N–H and O–H groups in total. The molecule has 23 heavy (non-hydrogen) atoms. The highest BCUT2D eigenvalue weighted by Gasteiger charge is 2.30. The van der Waals surface area contributed by atoms with E-state index in [0.29, 0.717) is 25.0 Å². The van der Waals surface area contributed by atoms with E-state index in [1.807, 2.05) is 0 Å². The lowest BCUT2D eigenvalue weighted by molar-refractivity contribution is -0.202. The number of phosphoric ester groups is 1. The molecule has 0 radical (unpaired) electrons. The van der Waals surface area contributed by atoms with Crippen molar-refractivity contribution in [1.29, 1.82) is 0 Å². The molecule has 0 aromatic heterocycles. The molecule has 0 heterocycles. The van der Waals surface area contributed by atoms with E-state index in [1.54, 1.807) is 0 Å². The summed E-state index contributed by atoms with van der Waals surface area (Å²) in [6.07, 6.45) is 8.69. The maximum atomic E-state index is 12.6. The van der Waals surface area contributed by atoms with Crippen molar-refractivity contribution in [3.63, 3.8) is 0 Å². The Balaban J connectivity index is 4.44. The fourth-order valence-electron chi connectivity index (χ4n) is 2.36. The third-order valence-corrected chi connectivity index (χ3v) is 5.45. The summed E-state index contributed by atoms with van der Waals surface area (Å²) in [7, 11) is -2.32. The van der Waals surface area contributed by atoms with Gasteiger partial charge in [-0.2, -0.15) is 0 Å². The molecule has 2 atom stereocenters. The van der Waals surface area contributed by atoms with Crippen LogP contribution >= 0.6 is 7.82 Å². The molecule has 0 aliphatic carbocycles. The van der Waals surface area contributed by atoms with Crippen LogP contribution in [0.25, 0.3) is 0 Å². The molecule has 0 aromatic carbocycles. The minimum absolute atomic E-state index is 0.370. The zero-order valence-electron chi connectivity index (χ0n) is 15.7. The minimum Gasteiger partial charge on any atom is -0.285 e. The Kier molecular flexibility index (Phi) is 14.5. The molecular formula is C17H37O5P. The fourth-order valence-corrected chi connectivity index (χ4v) is 3.49. The molecule has 0 saturated carbocycles. The summed E-state index contributed by atoms with van der Waals surface area (Å²) >= 11 is 0. The number of hydrogen-bond donors (Lipinski definition) is 0. The molecule has 0 rings (SSSR count). The lowest BCUT2D eigenvalue weighted by Crippen LogP contribution is -2.13. The summed E-state index contributed by atoms with van der Waals surface area (Å²) in [6.45, 7) is 9.31. The quantitative estimate of drug-likeness (QED) is 0.190. The SMILES string of the molecule is CCCCC(CC)COP(=O)(OCC(CC)CCCC)OOC. The predicted octanol–water partition coefficient (Wildman–Crippen LogP) is 6.14. The van der Waals surface area contributed by atoms with Gasteiger partial charge in [-0.05, 0) is 24.7 Å². The van der Waals surface area contributed by atoms with E-state index in [4.69, 9.17) is 13.7 Å². The summed E-state index contributed by atoms with van der Waals surface area (Å²) in [4.78, 5) is 4.59. The van der Waals surface area contributed by atoms with Gasteiger partial charge in [-0.3, -0.25) is 9.05 Å². The van der Waals surface area contributed by atoms with Gasteiger partial charge in [0, 0.05) is 0 Å². The van der Waals surface area contributed by atoms with Crippen LogP contribution < -0.4 is 0 Å². The molecule has 0 spiro atoms. The highest BCUT2D eigenvalue weighted by molar-refractivity contribution is 7.48. The van der Waals surface area contributed by atoms with Gasteiger partial charge in [-0.25, -0.2) is 9.45 Å². The van der Waals surface area contributed by atoms with Crippen molar-refractivity contribution in [2.45, 2.75) is 79.1 Å². The van der Waals surface area contributed by atoms with Crippen LogP contribution in [0.2, 0.25) is 0 Å². The van der Waals surface area contributed by atoms with Crippen LogP contribution in [0.15, 0.2) is 0 Å². The minimum atomic E-state index is -3.64. The van der Waals surface area contributed by atoms with Crippen LogP contribution in [0.1, 0.15) is 79.1 Å². The molecule has 6 heteroatoms. The Hall–Kier alpha value is 0.0700. The van der Waals surface area contributed by atoms with Gasteiger partial charge < -0.3 is 0 Å². The molecule has 0 fully saturated rings. The van der Waals surface area contributed by atoms with Crippen LogP contribution in [0.5, 0.6) is 0 Å². The van der Waals surface area contributed by atoms with Gasteiger partial charge in [0.1, 0.15) is 0 Å². The third kappa shape index (κ3) is 11.3. The first-order valence-corrected chi connectivity index (χ1v) is 10.6. The molecule has 0 aliphatic heterocycles. The first-order chi connectivity index (χ1) is 11.0. The Morgan fingerprint density at radius 3 is 1.57 bits per heavy atom. The zero-order valence-corrected chi connectivity index (χ0v) is 16.6. The van der Waals surface area contributed by atoms with Crippen LogP contribution in [0.4, 0.5) is 0 Å². The van der Waals surface area contributed by atoms with Crippen LogP contribution in [0.3, 0.4) is 0 Å². The summed E-state index contributed by atoms with van der Waals surface area (Å²) in [6, 6.07) is 0. The summed E-state index contributed by atoms with van der Waals surface area (Å²) < 4.78 is 28.5. The lowest BCUT2D eigenvalue weighted by Gasteiger charge is -2.22. The van der Waals surface area contributed by atoms with Gasteiger partial charge in [0.25, 0.3) is 0 Å². The summed E-state index contributed by atoms with van der Waals surface area (Å²) in [5.74, 6) is 0.740. The smallest absolute Gasteiger partial charge is 0.285 e. The topological polar surface area (TPSA) is 54.0 Å². The van der Waals surface area contributed by atoms with Crippen molar-refractivity contribution in [3.8, 4) is 0 Å². The highest BCUT2D eigenvalue weighted by atomic mass is 31.2. The summed E-state index contributed by atoms with van der Waals surface area (Å²) in [5.41, 5.74) is 0. The van der Waals surface area contributed by atoms with E-state index in [-0.39, 0.29) is 0 Å². The van der Waals surface area contributed by atoms with Gasteiger partial charge in [-0.15, -0.1) is 4.67 Å². The van der Waals surface area contributed by atoms with E-state index in [2.05, 4.69) is 32.6 Å². The van der Waals surface area contributed by atoms with E-state index in [9.17, 15) is 4.57 Å². The monoisotopic (exact) mass is 352 g/mol. The molecule has 0 amide bonds. The highest BCUT2D eigenvalue weighted by Crippen LogP contribution is 2.50. The van der Waals surface area contributed by atoms with Gasteiger partial charge in [0.15, 0.2) is 0 Å². The number of phosphoric acid groups is 1. The average molecular weight is 352 g/mol. The second-order valence-electron chi connectivity index (χ2n) is 6.11. The predicted molar refractivity (Wildman–Crippen MR) is 94.2 cm³/mol. The van der Waals surface area contributed by atoms with Crippen molar-refractivity contribution in [2.24, 2.45) is 11.8 Å². The van der Waals surface area contributed by atoms with Gasteiger partial charge >= 0.3 is 7.82 Å². The molecule has 0 bridgehead atoms. The van der Waals surface area contributed by atoms with Crippen LogP contribution in [-0.4, -0.2) is 20.3 Å². The van der Waals surface area contributed by atoms with E-state index < -0.39 is 7.82 Å². The average Bonchev–Trinajstić information content (AvgIpc) is 2.55. The van der Waals surface area contributed by atoms with E-state index in [0.717, 1.165) is 51.4 Å². The maximum Gasteiger partial charge on any atom is 0.502 e. The third-order valence-electron chi connectivity index (χ3n) is 4.19. The normalized spacial score (nSPS) is 16.9. The molecule has 5 nitrogen and oxygen atoms in total. The first kappa shape index (κ1) is 23.1. The van der Waals surface area contributed by atoms with E-state index in [1.165, 1.54) is 7.11 Å². The van der Waals surface area contributed by atoms with Crippen LogP contribution in [0, 0.1) is 11.8 Å².